The first kappa shape index (κ1) is 11.2. The Hall–Kier alpha value is -0.860. The van der Waals surface area contributed by atoms with E-state index < -0.39 is 0 Å². The van der Waals surface area contributed by atoms with E-state index in [0.29, 0.717) is 0 Å². The van der Waals surface area contributed by atoms with E-state index in [9.17, 15) is 0 Å². The summed E-state index contributed by atoms with van der Waals surface area (Å²) in [6, 6.07) is 8.45. The molecule has 0 atom stereocenters. The van der Waals surface area contributed by atoms with Gasteiger partial charge in [0.2, 0.25) is 0 Å². The fraction of sp³-hybridized carbons (Fsp3) is 0.500. The molecule has 1 aliphatic heterocycles. The van der Waals surface area contributed by atoms with Gasteiger partial charge in [0.25, 0.3) is 0 Å². The average molecular weight is 194 g/mol. The smallest absolute Gasteiger partial charge is 0.0701 e. The summed E-state index contributed by atoms with van der Waals surface area (Å²) in [5.74, 6) is 0. The molecule has 0 radical (unpaired) electrons. The Labute approximate surface area is 85.8 Å². The molecule has 2 rings (SSSR count). The molecule has 1 aromatic carbocycles. The standard InChI is InChI=1S/C8H10.C4H8O2/c1-7-4-3-5-8(2)6-7;1-2-6-4-3-5-1/h3-6H,1-2H3;1-4H2. The first-order chi connectivity index (χ1) is 6.79. The molecule has 1 fully saturated rings. The van der Waals surface area contributed by atoms with Crippen molar-refractivity contribution in [3.05, 3.63) is 35.4 Å². The number of aryl methyl sites for hydroxylation is 2. The molecule has 78 valence electrons. The number of rotatable bonds is 0. The van der Waals surface area contributed by atoms with Gasteiger partial charge in [0.05, 0.1) is 26.4 Å². The molecule has 0 spiro atoms. The van der Waals surface area contributed by atoms with Crippen molar-refractivity contribution in [3.63, 3.8) is 0 Å². The molecule has 0 bridgehead atoms. The van der Waals surface area contributed by atoms with Crippen molar-refractivity contribution in [2.75, 3.05) is 26.4 Å². The second-order valence-electron chi connectivity index (χ2n) is 3.38. The van der Waals surface area contributed by atoms with Gasteiger partial charge in [-0.2, -0.15) is 0 Å². The number of ether oxygens (including phenoxy) is 2. The number of hydrogen-bond acceptors (Lipinski definition) is 2. The van der Waals surface area contributed by atoms with Gasteiger partial charge in [-0.25, -0.2) is 0 Å². The van der Waals surface area contributed by atoms with Crippen molar-refractivity contribution in [2.24, 2.45) is 0 Å². The Kier molecular flexibility index (Phi) is 5.27. The maximum absolute atomic E-state index is 4.94. The van der Waals surface area contributed by atoms with Crippen molar-refractivity contribution in [3.8, 4) is 0 Å². The van der Waals surface area contributed by atoms with Gasteiger partial charge in [-0.05, 0) is 13.8 Å². The fourth-order valence-electron chi connectivity index (χ4n) is 1.25. The molecule has 2 nitrogen and oxygen atoms in total. The third kappa shape index (κ3) is 5.00. The van der Waals surface area contributed by atoms with Crippen LogP contribution in [0, 0.1) is 13.8 Å². The lowest BCUT2D eigenvalue weighted by Crippen LogP contribution is -2.16. The Morgan fingerprint density at radius 1 is 0.857 bits per heavy atom. The Morgan fingerprint density at radius 2 is 1.29 bits per heavy atom. The van der Waals surface area contributed by atoms with Crippen molar-refractivity contribution < 1.29 is 9.47 Å². The SMILES string of the molecule is C1COCCO1.Cc1cccc(C)c1. The molecule has 0 aliphatic carbocycles. The van der Waals surface area contributed by atoms with Crippen LogP contribution in [-0.2, 0) is 9.47 Å². The molecule has 1 aromatic rings. The van der Waals surface area contributed by atoms with Gasteiger partial charge in [0, 0.05) is 0 Å². The van der Waals surface area contributed by atoms with E-state index in [1.54, 1.807) is 0 Å². The van der Waals surface area contributed by atoms with Crippen LogP contribution in [0.3, 0.4) is 0 Å². The first-order valence-electron chi connectivity index (χ1n) is 4.98. The molecule has 2 heteroatoms. The van der Waals surface area contributed by atoms with Crippen LogP contribution in [-0.4, -0.2) is 26.4 Å². The van der Waals surface area contributed by atoms with E-state index in [-0.39, 0.29) is 0 Å². The Morgan fingerprint density at radius 3 is 1.50 bits per heavy atom. The van der Waals surface area contributed by atoms with Gasteiger partial charge in [0.15, 0.2) is 0 Å². The van der Waals surface area contributed by atoms with E-state index in [1.165, 1.54) is 11.1 Å². The zero-order valence-electron chi connectivity index (χ0n) is 8.95. The predicted octanol–water partition coefficient (Wildman–Crippen LogP) is 2.34. The molecule has 0 saturated carbocycles. The zero-order chi connectivity index (χ0) is 10.2. The molecular weight excluding hydrogens is 176 g/mol. The van der Waals surface area contributed by atoms with E-state index in [1.807, 2.05) is 0 Å². The van der Waals surface area contributed by atoms with Crippen LogP contribution in [0.25, 0.3) is 0 Å². The Balaban J connectivity index is 0.000000146. The molecule has 0 N–H and O–H groups in total. The lowest BCUT2D eigenvalue weighted by Gasteiger charge is -2.09. The molecule has 14 heavy (non-hydrogen) atoms. The van der Waals surface area contributed by atoms with Crippen LogP contribution in [0.5, 0.6) is 0 Å². The van der Waals surface area contributed by atoms with Gasteiger partial charge in [-0.3, -0.25) is 0 Å². The molecule has 0 aromatic heterocycles. The molecular formula is C12H18O2. The molecule has 1 saturated heterocycles. The summed E-state index contributed by atoms with van der Waals surface area (Å²) in [4.78, 5) is 0. The summed E-state index contributed by atoms with van der Waals surface area (Å²) < 4.78 is 9.89. The highest BCUT2D eigenvalue weighted by Gasteiger charge is 1.94. The minimum absolute atomic E-state index is 0.778. The van der Waals surface area contributed by atoms with E-state index in [2.05, 4.69) is 38.1 Å². The van der Waals surface area contributed by atoms with Gasteiger partial charge >= 0.3 is 0 Å². The van der Waals surface area contributed by atoms with E-state index >= 15 is 0 Å². The van der Waals surface area contributed by atoms with Gasteiger partial charge in [-0.1, -0.05) is 35.4 Å². The summed E-state index contributed by atoms with van der Waals surface area (Å²) in [6.45, 7) is 7.32. The van der Waals surface area contributed by atoms with E-state index in [0.717, 1.165) is 26.4 Å². The highest BCUT2D eigenvalue weighted by Crippen LogP contribution is 2.00. The van der Waals surface area contributed by atoms with Crippen LogP contribution in [0.1, 0.15) is 11.1 Å². The van der Waals surface area contributed by atoms with Crippen LogP contribution in [0.4, 0.5) is 0 Å². The van der Waals surface area contributed by atoms with Crippen molar-refractivity contribution in [1.82, 2.24) is 0 Å². The third-order valence-corrected chi connectivity index (χ3v) is 1.92. The van der Waals surface area contributed by atoms with Crippen LogP contribution >= 0.6 is 0 Å². The van der Waals surface area contributed by atoms with Crippen molar-refractivity contribution >= 4 is 0 Å². The third-order valence-electron chi connectivity index (χ3n) is 1.92. The minimum Gasteiger partial charge on any atom is -0.377 e. The van der Waals surface area contributed by atoms with Gasteiger partial charge in [-0.15, -0.1) is 0 Å². The van der Waals surface area contributed by atoms with E-state index in [4.69, 9.17) is 9.47 Å². The predicted molar refractivity (Wildman–Crippen MR) is 57.6 cm³/mol. The average Bonchev–Trinajstić information content (AvgIpc) is 2.21. The maximum Gasteiger partial charge on any atom is 0.0701 e. The fourth-order valence-corrected chi connectivity index (χ4v) is 1.25. The normalized spacial score (nSPS) is 15.6. The summed E-state index contributed by atoms with van der Waals surface area (Å²) in [6.07, 6.45) is 0. The van der Waals surface area contributed by atoms with Crippen LogP contribution in [0.2, 0.25) is 0 Å². The second kappa shape index (κ2) is 6.57. The first-order valence-corrected chi connectivity index (χ1v) is 4.98. The topological polar surface area (TPSA) is 18.5 Å². The molecule has 0 unspecified atom stereocenters. The molecule has 1 heterocycles. The van der Waals surface area contributed by atoms with Crippen molar-refractivity contribution in [2.45, 2.75) is 13.8 Å². The van der Waals surface area contributed by atoms with Gasteiger partial charge < -0.3 is 9.47 Å². The van der Waals surface area contributed by atoms with Crippen LogP contribution < -0.4 is 0 Å². The summed E-state index contributed by atoms with van der Waals surface area (Å²) >= 11 is 0. The zero-order valence-corrected chi connectivity index (χ0v) is 8.95. The molecule has 0 amide bonds. The summed E-state index contributed by atoms with van der Waals surface area (Å²) in [5.41, 5.74) is 2.68. The largest absolute Gasteiger partial charge is 0.377 e. The van der Waals surface area contributed by atoms with Crippen molar-refractivity contribution in [1.29, 1.82) is 0 Å². The highest BCUT2D eigenvalue weighted by molar-refractivity contribution is 5.20. The monoisotopic (exact) mass is 194 g/mol. The minimum atomic E-state index is 0.778. The lowest BCUT2D eigenvalue weighted by molar-refractivity contribution is -0.0334. The highest BCUT2D eigenvalue weighted by atomic mass is 16.6. The molecule has 1 aliphatic rings. The van der Waals surface area contributed by atoms with Crippen LogP contribution in [0.15, 0.2) is 24.3 Å². The van der Waals surface area contributed by atoms with Gasteiger partial charge in [0.1, 0.15) is 0 Å². The number of benzene rings is 1. The number of hydrogen-bond donors (Lipinski definition) is 0. The summed E-state index contributed by atoms with van der Waals surface area (Å²) in [5, 5.41) is 0. The maximum atomic E-state index is 4.94. The lowest BCUT2D eigenvalue weighted by atomic mass is 10.2. The quantitative estimate of drug-likeness (QED) is 0.631. The Bertz CT molecular complexity index is 225. The second-order valence-corrected chi connectivity index (χ2v) is 3.38. The summed E-state index contributed by atoms with van der Waals surface area (Å²) in [7, 11) is 0.